The second-order valence-electron chi connectivity index (χ2n) is 11.6. The fourth-order valence-corrected chi connectivity index (χ4v) is 7.11. The third kappa shape index (κ3) is 6.47. The largest absolute Gasteiger partial charge is 0.611 e. The Morgan fingerprint density at radius 1 is 1.02 bits per heavy atom. The number of piperidine rings is 2. The van der Waals surface area contributed by atoms with Crippen molar-refractivity contribution in [3.8, 4) is 5.75 Å². The molecule has 0 aliphatic carbocycles. The second-order valence-corrected chi connectivity index (χ2v) is 13.6. The number of aromatic amines is 1. The zero-order valence-corrected chi connectivity index (χ0v) is 26.3. The molecular formula is C32H40N8O3S. The average molecular weight is 617 g/mol. The smallest absolute Gasteiger partial charge is 0.253 e. The van der Waals surface area contributed by atoms with E-state index in [2.05, 4.69) is 30.5 Å². The summed E-state index contributed by atoms with van der Waals surface area (Å²) in [7, 11) is 1.58. The molecule has 0 radical (unpaired) electrons. The van der Waals surface area contributed by atoms with Crippen LogP contribution in [0.15, 0.2) is 53.7 Å². The number of carbonyl (C=O) groups is 1. The minimum Gasteiger partial charge on any atom is -0.611 e. The third-order valence-electron chi connectivity index (χ3n) is 8.42. The first-order valence-electron chi connectivity index (χ1n) is 15.4. The van der Waals surface area contributed by atoms with Crippen LogP contribution in [0, 0.1) is 0 Å². The van der Waals surface area contributed by atoms with Crippen LogP contribution in [0.2, 0.25) is 0 Å². The number of anilines is 4. The molecule has 2 fully saturated rings. The number of hydrogen-bond acceptors (Lipinski definition) is 9. The highest BCUT2D eigenvalue weighted by Crippen LogP contribution is 2.33. The Balaban J connectivity index is 1.19. The minimum absolute atomic E-state index is 0.0195. The molecule has 0 saturated carbocycles. The van der Waals surface area contributed by atoms with Gasteiger partial charge in [-0.2, -0.15) is 9.97 Å². The lowest BCUT2D eigenvalue weighted by Crippen LogP contribution is -2.48. The minimum atomic E-state index is -1.20. The molecule has 2 aliphatic heterocycles. The number of amides is 1. The summed E-state index contributed by atoms with van der Waals surface area (Å²) in [6.45, 7) is 7.76. The highest BCUT2D eigenvalue weighted by atomic mass is 32.2. The number of likely N-dealkylation sites (tertiary alicyclic amines) is 2. The van der Waals surface area contributed by atoms with Crippen LogP contribution in [-0.2, 0) is 11.2 Å². The highest BCUT2D eigenvalue weighted by Gasteiger charge is 2.28. The molecular weight excluding hydrogens is 576 g/mol. The summed E-state index contributed by atoms with van der Waals surface area (Å²) in [5.74, 6) is 1.31. The van der Waals surface area contributed by atoms with Crippen molar-refractivity contribution in [1.29, 1.82) is 0 Å². The molecule has 4 heterocycles. The van der Waals surface area contributed by atoms with Gasteiger partial charge in [-0.25, -0.2) is 4.98 Å². The molecule has 2 saturated heterocycles. The molecule has 11 nitrogen and oxygen atoms in total. The number of carbonyl (C=O) groups excluding carboxylic acids is 1. The van der Waals surface area contributed by atoms with Gasteiger partial charge in [0.1, 0.15) is 11.0 Å². The summed E-state index contributed by atoms with van der Waals surface area (Å²) in [6.07, 6.45) is 7.49. The van der Waals surface area contributed by atoms with E-state index in [0.717, 1.165) is 25.9 Å². The normalized spacial score (nSPS) is 17.2. The number of hydrogen-bond donors (Lipinski definition) is 3. The van der Waals surface area contributed by atoms with E-state index < -0.39 is 11.2 Å². The van der Waals surface area contributed by atoms with E-state index in [0.29, 0.717) is 56.6 Å². The lowest BCUT2D eigenvalue weighted by atomic mass is 9.99. The first kappa shape index (κ1) is 30.2. The third-order valence-corrected chi connectivity index (χ3v) is 10.1. The zero-order valence-electron chi connectivity index (χ0n) is 25.5. The number of rotatable bonds is 9. The van der Waals surface area contributed by atoms with Crippen LogP contribution < -0.4 is 15.4 Å². The molecule has 2 aliphatic rings. The maximum absolute atomic E-state index is 13.4. The Labute approximate surface area is 261 Å². The number of fused-ring (bicyclic) bond motifs is 1. The SMILES string of the molecule is COc1cc(C(=O)N2CCC(N3CCCCC3)CC2)ccc1Nc1nc(Nc2ccccc2[S+]([O-])C(C)C)c2nc[nH]c2n1. The van der Waals surface area contributed by atoms with Gasteiger partial charge in [-0.15, -0.1) is 0 Å². The predicted molar refractivity (Wildman–Crippen MR) is 174 cm³/mol. The molecule has 1 amide bonds. The molecule has 3 N–H and O–H groups in total. The molecule has 12 heteroatoms. The lowest BCUT2D eigenvalue weighted by Gasteiger charge is -2.40. The van der Waals surface area contributed by atoms with Gasteiger partial charge in [0.15, 0.2) is 21.9 Å². The van der Waals surface area contributed by atoms with E-state index in [1.54, 1.807) is 19.5 Å². The predicted octanol–water partition coefficient (Wildman–Crippen LogP) is 5.46. The van der Waals surface area contributed by atoms with E-state index in [1.165, 1.54) is 32.4 Å². The number of methoxy groups -OCH3 is 1. The lowest BCUT2D eigenvalue weighted by molar-refractivity contribution is 0.0589. The van der Waals surface area contributed by atoms with Gasteiger partial charge in [-0.3, -0.25) is 4.79 Å². The molecule has 1 atom stereocenters. The number of nitrogens with zero attached hydrogens (tertiary/aromatic N) is 5. The standard InChI is InChI=1S/C32H40N8O3S/c1-21(2)44(42)27-10-6-5-9-25(27)35-30-28-29(34-20-33-28)37-32(38-30)36-24-12-11-22(19-26(24)43-3)31(41)40-17-13-23(14-18-40)39-15-7-4-8-16-39/h5-6,9-12,19-21,23H,4,7-8,13-18H2,1-3H3,(H3,33,34,35,36,37,38). The molecule has 0 spiro atoms. The number of aromatic nitrogens is 4. The van der Waals surface area contributed by atoms with Crippen molar-refractivity contribution in [2.75, 3.05) is 43.9 Å². The van der Waals surface area contributed by atoms with Gasteiger partial charge in [0, 0.05) is 24.7 Å². The van der Waals surface area contributed by atoms with Crippen molar-refractivity contribution in [2.45, 2.75) is 62.1 Å². The van der Waals surface area contributed by atoms with Gasteiger partial charge in [0.2, 0.25) is 5.95 Å². The van der Waals surface area contributed by atoms with Crippen molar-refractivity contribution in [2.24, 2.45) is 0 Å². The molecule has 0 bridgehead atoms. The van der Waals surface area contributed by atoms with Crippen LogP contribution in [0.4, 0.5) is 23.1 Å². The fourth-order valence-electron chi connectivity index (χ4n) is 6.05. The van der Waals surface area contributed by atoms with Crippen molar-refractivity contribution < 1.29 is 14.1 Å². The van der Waals surface area contributed by atoms with Gasteiger partial charge in [-0.05, 0) is 94.1 Å². The molecule has 2 aromatic heterocycles. The molecule has 6 rings (SSSR count). The zero-order chi connectivity index (χ0) is 30.6. The van der Waals surface area contributed by atoms with Crippen molar-refractivity contribution in [3.05, 3.63) is 54.4 Å². The molecule has 2 aromatic carbocycles. The number of nitrogens with one attached hydrogen (secondary N) is 3. The number of para-hydroxylation sites is 1. The van der Waals surface area contributed by atoms with Crippen LogP contribution >= 0.6 is 0 Å². The maximum Gasteiger partial charge on any atom is 0.253 e. The second kappa shape index (κ2) is 13.4. The maximum atomic E-state index is 13.4. The quantitative estimate of drug-likeness (QED) is 0.210. The van der Waals surface area contributed by atoms with E-state index >= 15 is 0 Å². The summed E-state index contributed by atoms with van der Waals surface area (Å²) >= 11 is -1.20. The van der Waals surface area contributed by atoms with Crippen LogP contribution in [0.3, 0.4) is 0 Å². The Hall–Kier alpha value is -3.87. The number of imidazole rings is 1. The summed E-state index contributed by atoms with van der Waals surface area (Å²) in [5, 5.41) is 6.53. The molecule has 44 heavy (non-hydrogen) atoms. The van der Waals surface area contributed by atoms with E-state index in [4.69, 9.17) is 9.72 Å². The van der Waals surface area contributed by atoms with E-state index in [9.17, 15) is 9.35 Å². The molecule has 4 aromatic rings. The van der Waals surface area contributed by atoms with Gasteiger partial charge in [-0.1, -0.05) is 18.6 Å². The Bertz CT molecular complexity index is 1600. The number of ether oxygens (including phenoxy) is 1. The van der Waals surface area contributed by atoms with Crippen LogP contribution in [0.25, 0.3) is 11.2 Å². The summed E-state index contributed by atoms with van der Waals surface area (Å²) in [5.41, 5.74) is 2.99. The average Bonchev–Trinajstić information content (AvgIpc) is 3.54. The Morgan fingerprint density at radius 3 is 2.55 bits per heavy atom. The van der Waals surface area contributed by atoms with Gasteiger partial charge < -0.3 is 34.7 Å². The molecule has 232 valence electrons. The Morgan fingerprint density at radius 2 is 1.80 bits per heavy atom. The van der Waals surface area contributed by atoms with Crippen LogP contribution in [0.5, 0.6) is 5.75 Å². The van der Waals surface area contributed by atoms with E-state index in [-0.39, 0.29) is 11.2 Å². The van der Waals surface area contributed by atoms with Gasteiger partial charge >= 0.3 is 0 Å². The number of H-pyrrole nitrogens is 1. The fraction of sp³-hybridized carbons (Fsp3) is 0.438. The van der Waals surface area contributed by atoms with Crippen molar-refractivity contribution >= 4 is 51.4 Å². The van der Waals surface area contributed by atoms with Crippen molar-refractivity contribution in [3.63, 3.8) is 0 Å². The summed E-state index contributed by atoms with van der Waals surface area (Å²) < 4.78 is 18.7. The van der Waals surface area contributed by atoms with Gasteiger partial charge in [0.25, 0.3) is 5.91 Å². The van der Waals surface area contributed by atoms with Crippen LogP contribution in [-0.4, -0.2) is 84.8 Å². The Kier molecular flexibility index (Phi) is 9.20. The first-order chi connectivity index (χ1) is 21.4. The monoisotopic (exact) mass is 616 g/mol. The summed E-state index contributed by atoms with van der Waals surface area (Å²) in [4.78, 5) is 35.5. The summed E-state index contributed by atoms with van der Waals surface area (Å²) in [6, 6.07) is 13.5. The van der Waals surface area contributed by atoms with Crippen molar-refractivity contribution in [1.82, 2.24) is 29.7 Å². The first-order valence-corrected chi connectivity index (χ1v) is 16.6. The molecule has 1 unspecified atom stereocenters. The van der Waals surface area contributed by atoms with E-state index in [1.807, 2.05) is 55.1 Å². The van der Waals surface area contributed by atoms with Crippen LogP contribution in [0.1, 0.15) is 56.3 Å². The van der Waals surface area contributed by atoms with Gasteiger partial charge in [0.05, 0.1) is 24.8 Å². The highest BCUT2D eigenvalue weighted by molar-refractivity contribution is 7.92. The number of benzene rings is 2. The topological polar surface area (TPSA) is 134 Å².